The lowest BCUT2D eigenvalue weighted by Gasteiger charge is -2.03. The SMILES string of the molecule is N#Cc1cccc(Oc2ncc(CBr)cn2)c1. The molecular formula is C12H8BrN3O. The second kappa shape index (κ2) is 5.41. The molecule has 0 spiro atoms. The molecule has 0 amide bonds. The van der Waals surface area contributed by atoms with Crippen LogP contribution in [0.15, 0.2) is 36.7 Å². The van der Waals surface area contributed by atoms with Crippen LogP contribution in [-0.2, 0) is 5.33 Å². The van der Waals surface area contributed by atoms with Crippen molar-refractivity contribution in [2.75, 3.05) is 0 Å². The molecule has 0 aliphatic carbocycles. The van der Waals surface area contributed by atoms with E-state index in [9.17, 15) is 0 Å². The van der Waals surface area contributed by atoms with Gasteiger partial charge in [0, 0.05) is 17.7 Å². The highest BCUT2D eigenvalue weighted by Crippen LogP contribution is 2.18. The zero-order valence-electron chi connectivity index (χ0n) is 8.80. The van der Waals surface area contributed by atoms with Crippen LogP contribution in [0.4, 0.5) is 0 Å². The molecule has 0 saturated carbocycles. The first-order valence-electron chi connectivity index (χ1n) is 4.86. The van der Waals surface area contributed by atoms with Gasteiger partial charge in [-0.15, -0.1) is 0 Å². The average molecular weight is 290 g/mol. The molecule has 0 radical (unpaired) electrons. The summed E-state index contributed by atoms with van der Waals surface area (Å²) < 4.78 is 5.43. The molecular weight excluding hydrogens is 282 g/mol. The molecule has 5 heteroatoms. The number of alkyl halides is 1. The van der Waals surface area contributed by atoms with E-state index >= 15 is 0 Å². The Labute approximate surface area is 107 Å². The largest absolute Gasteiger partial charge is 0.424 e. The van der Waals surface area contributed by atoms with Crippen LogP contribution in [-0.4, -0.2) is 9.97 Å². The van der Waals surface area contributed by atoms with Gasteiger partial charge in [-0.05, 0) is 23.8 Å². The number of rotatable bonds is 3. The third kappa shape index (κ3) is 3.02. The molecule has 1 heterocycles. The van der Waals surface area contributed by atoms with E-state index in [2.05, 4.69) is 25.9 Å². The Morgan fingerprint density at radius 1 is 1.29 bits per heavy atom. The Hall–Kier alpha value is -1.93. The fourth-order valence-electron chi connectivity index (χ4n) is 1.20. The van der Waals surface area contributed by atoms with E-state index in [1.54, 1.807) is 36.7 Å². The molecule has 17 heavy (non-hydrogen) atoms. The molecule has 2 rings (SSSR count). The van der Waals surface area contributed by atoms with Gasteiger partial charge in [0.05, 0.1) is 11.6 Å². The topological polar surface area (TPSA) is 58.8 Å². The van der Waals surface area contributed by atoms with Gasteiger partial charge in [0.1, 0.15) is 5.75 Å². The Kier molecular flexibility index (Phi) is 3.68. The van der Waals surface area contributed by atoms with E-state index in [0.717, 1.165) is 5.56 Å². The minimum Gasteiger partial charge on any atom is -0.424 e. The van der Waals surface area contributed by atoms with Crippen molar-refractivity contribution in [3.63, 3.8) is 0 Å². The van der Waals surface area contributed by atoms with Crippen LogP contribution in [0, 0.1) is 11.3 Å². The lowest BCUT2D eigenvalue weighted by Crippen LogP contribution is -1.92. The highest BCUT2D eigenvalue weighted by Gasteiger charge is 2.01. The average Bonchev–Trinajstić information content (AvgIpc) is 2.40. The monoisotopic (exact) mass is 289 g/mol. The van der Waals surface area contributed by atoms with Crippen molar-refractivity contribution in [3.8, 4) is 17.8 Å². The predicted molar refractivity (Wildman–Crippen MR) is 65.9 cm³/mol. The molecule has 0 aliphatic rings. The number of benzene rings is 1. The molecule has 0 saturated heterocycles. The summed E-state index contributed by atoms with van der Waals surface area (Å²) in [6.45, 7) is 0. The number of ether oxygens (including phenoxy) is 1. The summed E-state index contributed by atoms with van der Waals surface area (Å²) in [5.74, 6) is 0.552. The quantitative estimate of drug-likeness (QED) is 0.815. The molecule has 4 nitrogen and oxygen atoms in total. The number of aromatic nitrogens is 2. The highest BCUT2D eigenvalue weighted by atomic mass is 79.9. The summed E-state index contributed by atoms with van der Waals surface area (Å²) in [6, 6.07) is 9.17. The van der Waals surface area contributed by atoms with Crippen molar-refractivity contribution >= 4 is 15.9 Å². The molecule has 84 valence electrons. The number of nitriles is 1. The van der Waals surface area contributed by atoms with Crippen LogP contribution >= 0.6 is 15.9 Å². The van der Waals surface area contributed by atoms with Crippen molar-refractivity contribution in [1.29, 1.82) is 5.26 Å². The first kappa shape index (κ1) is 11.6. The van der Waals surface area contributed by atoms with Crippen LogP contribution in [0.5, 0.6) is 11.8 Å². The van der Waals surface area contributed by atoms with Gasteiger partial charge in [-0.1, -0.05) is 22.0 Å². The zero-order chi connectivity index (χ0) is 12.1. The van der Waals surface area contributed by atoms with E-state index in [0.29, 0.717) is 16.6 Å². The van der Waals surface area contributed by atoms with Gasteiger partial charge in [0.25, 0.3) is 0 Å². The van der Waals surface area contributed by atoms with E-state index < -0.39 is 0 Å². The fraction of sp³-hybridized carbons (Fsp3) is 0.0833. The second-order valence-corrected chi connectivity index (χ2v) is 3.81. The van der Waals surface area contributed by atoms with Crippen LogP contribution in [0.2, 0.25) is 0 Å². The smallest absolute Gasteiger partial charge is 0.321 e. The van der Waals surface area contributed by atoms with Gasteiger partial charge in [-0.25, -0.2) is 9.97 Å². The Bertz CT molecular complexity index is 548. The van der Waals surface area contributed by atoms with Gasteiger partial charge < -0.3 is 4.74 Å². The van der Waals surface area contributed by atoms with E-state index in [1.165, 1.54) is 0 Å². The first-order chi connectivity index (χ1) is 8.31. The van der Waals surface area contributed by atoms with Gasteiger partial charge in [0.2, 0.25) is 0 Å². The first-order valence-corrected chi connectivity index (χ1v) is 5.99. The molecule has 0 bridgehead atoms. The Morgan fingerprint density at radius 3 is 2.71 bits per heavy atom. The van der Waals surface area contributed by atoms with E-state index in [-0.39, 0.29) is 6.01 Å². The molecule has 2 aromatic rings. The van der Waals surface area contributed by atoms with Crippen molar-refractivity contribution in [2.45, 2.75) is 5.33 Å². The molecule has 0 N–H and O–H groups in total. The molecule has 0 unspecified atom stereocenters. The molecule has 1 aromatic carbocycles. The summed E-state index contributed by atoms with van der Waals surface area (Å²) in [6.07, 6.45) is 3.37. The predicted octanol–water partition coefficient (Wildman–Crippen LogP) is 3.04. The third-order valence-corrected chi connectivity index (χ3v) is 2.66. The van der Waals surface area contributed by atoms with Gasteiger partial charge in [-0.2, -0.15) is 5.26 Å². The van der Waals surface area contributed by atoms with Crippen LogP contribution in [0.3, 0.4) is 0 Å². The maximum absolute atomic E-state index is 8.75. The van der Waals surface area contributed by atoms with Crippen molar-refractivity contribution in [3.05, 3.63) is 47.8 Å². The maximum Gasteiger partial charge on any atom is 0.321 e. The van der Waals surface area contributed by atoms with Crippen molar-refractivity contribution in [1.82, 2.24) is 9.97 Å². The molecule has 1 aromatic heterocycles. The second-order valence-electron chi connectivity index (χ2n) is 3.25. The summed E-state index contributed by atoms with van der Waals surface area (Å²) in [4.78, 5) is 8.11. The normalized spacial score (nSPS) is 9.65. The Balaban J connectivity index is 2.16. The Morgan fingerprint density at radius 2 is 2.06 bits per heavy atom. The summed E-state index contributed by atoms with van der Waals surface area (Å²) in [5, 5.41) is 9.46. The molecule has 0 atom stereocenters. The third-order valence-electron chi connectivity index (χ3n) is 2.01. The minimum atomic E-state index is 0.268. The summed E-state index contributed by atoms with van der Waals surface area (Å²) in [7, 11) is 0. The standard InChI is InChI=1S/C12H8BrN3O/c13-5-10-7-15-12(16-8-10)17-11-3-1-2-9(4-11)6-14/h1-4,7-8H,5H2. The van der Waals surface area contributed by atoms with Gasteiger partial charge in [-0.3, -0.25) is 0 Å². The number of nitrogens with zero attached hydrogens (tertiary/aromatic N) is 3. The maximum atomic E-state index is 8.75. The van der Waals surface area contributed by atoms with E-state index in [1.807, 2.05) is 6.07 Å². The van der Waals surface area contributed by atoms with Crippen molar-refractivity contribution in [2.24, 2.45) is 0 Å². The number of halogens is 1. The van der Waals surface area contributed by atoms with Gasteiger partial charge in [0.15, 0.2) is 0 Å². The number of hydrogen-bond donors (Lipinski definition) is 0. The fourth-order valence-corrected chi connectivity index (χ4v) is 1.49. The van der Waals surface area contributed by atoms with Crippen LogP contribution < -0.4 is 4.74 Å². The molecule has 0 fully saturated rings. The highest BCUT2D eigenvalue weighted by molar-refractivity contribution is 9.08. The lowest BCUT2D eigenvalue weighted by molar-refractivity contribution is 0.441. The van der Waals surface area contributed by atoms with Crippen LogP contribution in [0.25, 0.3) is 0 Å². The van der Waals surface area contributed by atoms with Crippen molar-refractivity contribution < 1.29 is 4.74 Å². The zero-order valence-corrected chi connectivity index (χ0v) is 10.4. The summed E-state index contributed by atoms with van der Waals surface area (Å²) in [5.41, 5.74) is 1.52. The van der Waals surface area contributed by atoms with E-state index in [4.69, 9.17) is 10.00 Å². The summed E-state index contributed by atoms with van der Waals surface area (Å²) >= 11 is 3.31. The lowest BCUT2D eigenvalue weighted by atomic mass is 10.2. The van der Waals surface area contributed by atoms with Gasteiger partial charge >= 0.3 is 6.01 Å². The number of hydrogen-bond acceptors (Lipinski definition) is 4. The minimum absolute atomic E-state index is 0.268. The molecule has 0 aliphatic heterocycles. The van der Waals surface area contributed by atoms with Crippen LogP contribution in [0.1, 0.15) is 11.1 Å².